The van der Waals surface area contributed by atoms with Gasteiger partial charge in [-0.1, -0.05) is 0 Å². The average Bonchev–Trinajstić information content (AvgIpc) is 2.03. The largest absolute Gasteiger partial charge is 0.397 e. The van der Waals surface area contributed by atoms with E-state index in [1.165, 1.54) is 6.07 Å². The van der Waals surface area contributed by atoms with Crippen LogP contribution in [0.15, 0.2) is 10.5 Å². The number of anilines is 1. The van der Waals surface area contributed by atoms with Crippen LogP contribution in [0.25, 0.3) is 0 Å². The van der Waals surface area contributed by atoms with Crippen LogP contribution in [-0.4, -0.2) is 4.98 Å². The van der Waals surface area contributed by atoms with Crippen molar-refractivity contribution in [3.63, 3.8) is 0 Å². The maximum atomic E-state index is 12.3. The second kappa shape index (κ2) is 3.97. The van der Waals surface area contributed by atoms with Gasteiger partial charge in [-0.05, 0) is 22.0 Å². The lowest BCUT2D eigenvalue weighted by Crippen LogP contribution is -2.07. The number of hydrogen-bond acceptors (Lipinski definition) is 3. The summed E-state index contributed by atoms with van der Waals surface area (Å²) in [5, 5.41) is 0. The summed E-state index contributed by atoms with van der Waals surface area (Å²) in [6.45, 7) is 0.0544. The van der Waals surface area contributed by atoms with Crippen molar-refractivity contribution < 1.29 is 8.78 Å². The molecule has 0 aliphatic rings. The van der Waals surface area contributed by atoms with Crippen LogP contribution in [0.5, 0.6) is 0 Å². The van der Waals surface area contributed by atoms with Crippen LogP contribution in [0.1, 0.15) is 17.8 Å². The highest BCUT2D eigenvalue weighted by Crippen LogP contribution is 2.28. The van der Waals surface area contributed by atoms with Gasteiger partial charge in [0, 0.05) is 11.0 Å². The Morgan fingerprint density at radius 3 is 2.62 bits per heavy atom. The van der Waals surface area contributed by atoms with Crippen LogP contribution in [0, 0.1) is 0 Å². The van der Waals surface area contributed by atoms with Crippen LogP contribution in [0.3, 0.4) is 0 Å². The van der Waals surface area contributed by atoms with E-state index in [0.29, 0.717) is 11.4 Å². The molecule has 0 radical (unpaired) electrons. The maximum Gasteiger partial charge on any atom is 0.281 e. The molecule has 1 aromatic heterocycles. The van der Waals surface area contributed by atoms with Crippen LogP contribution < -0.4 is 11.5 Å². The SMILES string of the molecule is NCc1nc(C(F)F)c(Br)cc1N. The monoisotopic (exact) mass is 251 g/mol. The van der Waals surface area contributed by atoms with Crippen LogP contribution in [0.4, 0.5) is 14.5 Å². The molecule has 1 rings (SSSR count). The number of alkyl halides is 2. The normalized spacial score (nSPS) is 10.8. The van der Waals surface area contributed by atoms with E-state index in [0.717, 1.165) is 0 Å². The van der Waals surface area contributed by atoms with E-state index in [2.05, 4.69) is 20.9 Å². The third-order valence-corrected chi connectivity index (χ3v) is 2.15. The zero-order valence-corrected chi connectivity index (χ0v) is 8.18. The minimum Gasteiger partial charge on any atom is -0.397 e. The van der Waals surface area contributed by atoms with Crippen LogP contribution in [-0.2, 0) is 6.54 Å². The van der Waals surface area contributed by atoms with E-state index in [9.17, 15) is 8.78 Å². The summed E-state index contributed by atoms with van der Waals surface area (Å²) >= 11 is 2.95. The fourth-order valence-electron chi connectivity index (χ4n) is 0.874. The van der Waals surface area contributed by atoms with E-state index in [1.807, 2.05) is 0 Å². The number of halogens is 3. The summed E-state index contributed by atoms with van der Waals surface area (Å²) in [4.78, 5) is 3.64. The van der Waals surface area contributed by atoms with Crippen molar-refractivity contribution in [1.29, 1.82) is 0 Å². The molecular formula is C7H8BrF2N3. The summed E-state index contributed by atoms with van der Waals surface area (Å²) < 4.78 is 24.8. The smallest absolute Gasteiger partial charge is 0.281 e. The fraction of sp³-hybridized carbons (Fsp3) is 0.286. The van der Waals surface area contributed by atoms with Gasteiger partial charge in [0.05, 0.1) is 11.4 Å². The molecule has 1 heterocycles. The van der Waals surface area contributed by atoms with Crippen LogP contribution >= 0.6 is 15.9 Å². The van der Waals surface area contributed by atoms with Crippen molar-refractivity contribution >= 4 is 21.6 Å². The molecule has 0 bridgehead atoms. The zero-order chi connectivity index (χ0) is 10.0. The summed E-state index contributed by atoms with van der Waals surface area (Å²) in [6.07, 6.45) is -2.62. The number of rotatable bonds is 2. The van der Waals surface area contributed by atoms with Crippen molar-refractivity contribution in [3.05, 3.63) is 21.9 Å². The fourth-order valence-corrected chi connectivity index (χ4v) is 1.38. The first-order valence-electron chi connectivity index (χ1n) is 3.49. The number of nitrogens with zero attached hydrogens (tertiary/aromatic N) is 1. The quantitative estimate of drug-likeness (QED) is 0.843. The predicted octanol–water partition coefficient (Wildman–Crippen LogP) is 1.82. The molecule has 4 N–H and O–H groups in total. The highest BCUT2D eigenvalue weighted by atomic mass is 79.9. The summed E-state index contributed by atoms with van der Waals surface area (Å²) in [7, 11) is 0. The predicted molar refractivity (Wildman–Crippen MR) is 49.2 cm³/mol. The summed E-state index contributed by atoms with van der Waals surface area (Å²) in [5.41, 5.74) is 11.0. The van der Waals surface area contributed by atoms with E-state index in [4.69, 9.17) is 11.5 Å². The third kappa shape index (κ3) is 2.13. The number of pyridine rings is 1. The van der Waals surface area contributed by atoms with Gasteiger partial charge >= 0.3 is 0 Å². The Kier molecular flexibility index (Phi) is 3.16. The lowest BCUT2D eigenvalue weighted by atomic mass is 10.2. The molecule has 0 aromatic carbocycles. The molecule has 0 aliphatic heterocycles. The lowest BCUT2D eigenvalue weighted by Gasteiger charge is -2.07. The van der Waals surface area contributed by atoms with Gasteiger partial charge in [0.2, 0.25) is 0 Å². The van der Waals surface area contributed by atoms with Crippen molar-refractivity contribution in [3.8, 4) is 0 Å². The Bertz CT molecular complexity index is 317. The van der Waals surface area contributed by atoms with Gasteiger partial charge < -0.3 is 11.5 Å². The molecule has 0 amide bonds. The van der Waals surface area contributed by atoms with Crippen molar-refractivity contribution in [2.45, 2.75) is 13.0 Å². The molecule has 0 fully saturated rings. The van der Waals surface area contributed by atoms with E-state index < -0.39 is 6.43 Å². The highest BCUT2D eigenvalue weighted by molar-refractivity contribution is 9.10. The molecule has 0 saturated heterocycles. The van der Waals surface area contributed by atoms with Gasteiger partial charge in [-0.15, -0.1) is 0 Å². The second-order valence-electron chi connectivity index (χ2n) is 2.40. The molecule has 0 saturated carbocycles. The highest BCUT2D eigenvalue weighted by Gasteiger charge is 2.15. The molecule has 3 nitrogen and oxygen atoms in total. The summed E-state index contributed by atoms with van der Waals surface area (Å²) in [6, 6.07) is 1.39. The molecule has 1 aromatic rings. The number of hydrogen-bond donors (Lipinski definition) is 2. The Hall–Kier alpha value is -0.750. The first-order valence-corrected chi connectivity index (χ1v) is 4.28. The van der Waals surface area contributed by atoms with Crippen molar-refractivity contribution in [1.82, 2.24) is 4.98 Å². The van der Waals surface area contributed by atoms with Gasteiger partial charge in [-0.3, -0.25) is 0 Å². The Morgan fingerprint density at radius 1 is 1.54 bits per heavy atom. The Labute approximate surface area is 82.3 Å². The van der Waals surface area contributed by atoms with Gasteiger partial charge in [-0.25, -0.2) is 13.8 Å². The van der Waals surface area contributed by atoms with E-state index in [-0.39, 0.29) is 16.7 Å². The third-order valence-electron chi connectivity index (χ3n) is 1.52. The Morgan fingerprint density at radius 2 is 2.15 bits per heavy atom. The number of aromatic nitrogens is 1. The zero-order valence-electron chi connectivity index (χ0n) is 6.60. The summed E-state index contributed by atoms with van der Waals surface area (Å²) in [5.74, 6) is 0. The van der Waals surface area contributed by atoms with E-state index >= 15 is 0 Å². The molecule has 0 atom stereocenters. The van der Waals surface area contributed by atoms with Crippen molar-refractivity contribution in [2.75, 3.05) is 5.73 Å². The van der Waals surface area contributed by atoms with Gasteiger partial charge in [0.25, 0.3) is 6.43 Å². The Balaban J connectivity index is 3.22. The molecule has 6 heteroatoms. The first kappa shape index (κ1) is 10.3. The van der Waals surface area contributed by atoms with E-state index in [1.54, 1.807) is 0 Å². The number of nitrogens with two attached hydrogens (primary N) is 2. The van der Waals surface area contributed by atoms with Gasteiger partial charge in [0.15, 0.2) is 0 Å². The molecular weight excluding hydrogens is 244 g/mol. The van der Waals surface area contributed by atoms with Gasteiger partial charge in [-0.2, -0.15) is 0 Å². The van der Waals surface area contributed by atoms with Crippen LogP contribution in [0.2, 0.25) is 0 Å². The molecule has 0 unspecified atom stereocenters. The number of nitrogen functional groups attached to an aromatic ring is 1. The molecule has 72 valence electrons. The molecule has 0 spiro atoms. The lowest BCUT2D eigenvalue weighted by molar-refractivity contribution is 0.145. The average molecular weight is 252 g/mol. The minimum atomic E-state index is -2.62. The molecule has 13 heavy (non-hydrogen) atoms. The van der Waals surface area contributed by atoms with Gasteiger partial charge in [0.1, 0.15) is 5.69 Å². The standard InChI is InChI=1S/C7H8BrF2N3/c8-3-1-4(12)5(2-11)13-6(3)7(9)10/h1,7H,2,11-12H2. The first-order chi connectivity index (χ1) is 6.06. The molecule has 0 aliphatic carbocycles. The maximum absolute atomic E-state index is 12.3. The topological polar surface area (TPSA) is 64.9 Å². The van der Waals surface area contributed by atoms with Crippen molar-refractivity contribution in [2.24, 2.45) is 5.73 Å². The minimum absolute atomic E-state index is 0.0544. The second-order valence-corrected chi connectivity index (χ2v) is 3.25.